The lowest BCUT2D eigenvalue weighted by Crippen LogP contribution is -2.41. The molecule has 3 rings (SSSR count). The first kappa shape index (κ1) is 23.7. The van der Waals surface area contributed by atoms with E-state index in [0.29, 0.717) is 18.0 Å². The van der Waals surface area contributed by atoms with Crippen molar-refractivity contribution in [3.8, 4) is 0 Å². The number of rotatable bonds is 9. The topological polar surface area (TPSA) is 101 Å². The monoisotopic (exact) mass is 472 g/mol. The number of halogens is 1. The Bertz CT molecular complexity index is 1180. The van der Waals surface area contributed by atoms with Gasteiger partial charge in [-0.2, -0.15) is 0 Å². The number of carbonyl (C=O) groups is 1. The Morgan fingerprint density at radius 3 is 2.47 bits per heavy atom. The van der Waals surface area contributed by atoms with Gasteiger partial charge in [0.05, 0.1) is 12.3 Å². The molecule has 0 saturated carbocycles. The van der Waals surface area contributed by atoms with Gasteiger partial charge in [0, 0.05) is 16.5 Å². The molecule has 168 valence electrons. The number of anilines is 2. The van der Waals surface area contributed by atoms with Crippen LogP contribution in [-0.2, 0) is 17.9 Å². The molecule has 1 amide bonds. The summed E-state index contributed by atoms with van der Waals surface area (Å²) in [4.78, 5) is 42.9. The van der Waals surface area contributed by atoms with E-state index in [1.54, 1.807) is 12.1 Å². The number of unbranched alkanes of at least 4 members (excludes halogenated alkanes) is 1. The number of nitrogens with one attached hydrogen (secondary N) is 1. The predicted molar refractivity (Wildman–Crippen MR) is 130 cm³/mol. The molecule has 0 bridgehead atoms. The van der Waals surface area contributed by atoms with Crippen molar-refractivity contribution in [2.45, 2.75) is 37.8 Å². The molecular weight excluding hydrogens is 448 g/mol. The highest BCUT2D eigenvalue weighted by Gasteiger charge is 2.24. The van der Waals surface area contributed by atoms with Gasteiger partial charge in [0.1, 0.15) is 5.82 Å². The summed E-state index contributed by atoms with van der Waals surface area (Å²) in [5.74, 6) is -0.221. The average molecular weight is 473 g/mol. The van der Waals surface area contributed by atoms with Gasteiger partial charge in [0.25, 0.3) is 5.56 Å². The molecule has 0 saturated heterocycles. The number of aromatic nitrogens is 2. The first-order chi connectivity index (χ1) is 15.4. The van der Waals surface area contributed by atoms with Gasteiger partial charge in [0.2, 0.25) is 5.91 Å². The number of H-pyrrole nitrogens is 1. The lowest BCUT2D eigenvalue weighted by atomic mass is 10.2. The minimum absolute atomic E-state index is 0.00651. The molecule has 0 aliphatic heterocycles. The first-order valence-corrected chi connectivity index (χ1v) is 11.6. The van der Waals surface area contributed by atoms with Gasteiger partial charge in [0.15, 0.2) is 5.69 Å². The van der Waals surface area contributed by atoms with Crippen LogP contribution >= 0.6 is 23.4 Å². The molecule has 7 nitrogen and oxygen atoms in total. The third-order valence-corrected chi connectivity index (χ3v) is 6.13. The molecule has 3 N–H and O–H groups in total. The van der Waals surface area contributed by atoms with Crippen LogP contribution in [0.4, 0.5) is 11.5 Å². The molecule has 0 radical (unpaired) electrons. The highest BCUT2D eigenvalue weighted by molar-refractivity contribution is 8.00. The molecule has 9 heteroatoms. The SMILES string of the molecule is CCCCn1c(N)c(N(Cc2ccccc2)C(=O)CSc2ccc(Cl)cc2)c(=O)[nH]c1=O. The number of nitrogen functional groups attached to an aromatic ring is 1. The molecular formula is C23H25ClN4O3S. The van der Waals surface area contributed by atoms with Crippen LogP contribution < -0.4 is 21.9 Å². The van der Waals surface area contributed by atoms with E-state index in [2.05, 4.69) is 4.98 Å². The molecule has 2 aromatic carbocycles. The molecule has 0 aliphatic carbocycles. The van der Waals surface area contributed by atoms with E-state index >= 15 is 0 Å². The molecule has 0 spiro atoms. The summed E-state index contributed by atoms with van der Waals surface area (Å²) in [6, 6.07) is 16.5. The second kappa shape index (κ2) is 11.1. The van der Waals surface area contributed by atoms with E-state index < -0.39 is 11.2 Å². The van der Waals surface area contributed by atoms with Crippen LogP contribution in [0.2, 0.25) is 5.02 Å². The maximum atomic E-state index is 13.3. The summed E-state index contributed by atoms with van der Waals surface area (Å²) in [7, 11) is 0. The molecule has 1 aromatic heterocycles. The zero-order valence-corrected chi connectivity index (χ0v) is 19.3. The lowest BCUT2D eigenvalue weighted by Gasteiger charge is -2.24. The Labute approximate surface area is 195 Å². The van der Waals surface area contributed by atoms with Gasteiger partial charge in [-0.3, -0.25) is 24.0 Å². The average Bonchev–Trinajstić information content (AvgIpc) is 2.78. The van der Waals surface area contributed by atoms with E-state index in [1.807, 2.05) is 49.4 Å². The Morgan fingerprint density at radius 2 is 1.81 bits per heavy atom. The van der Waals surface area contributed by atoms with E-state index in [4.69, 9.17) is 17.3 Å². The first-order valence-electron chi connectivity index (χ1n) is 10.3. The summed E-state index contributed by atoms with van der Waals surface area (Å²) in [5, 5.41) is 0.611. The summed E-state index contributed by atoms with van der Waals surface area (Å²) in [5.41, 5.74) is 5.84. The fourth-order valence-electron chi connectivity index (χ4n) is 3.19. The minimum Gasteiger partial charge on any atom is -0.383 e. The number of nitrogens with zero attached hydrogens (tertiary/aromatic N) is 2. The maximum Gasteiger partial charge on any atom is 0.330 e. The number of carbonyl (C=O) groups excluding carboxylic acids is 1. The normalized spacial score (nSPS) is 10.8. The Kier molecular flexibility index (Phi) is 8.19. The molecule has 0 atom stereocenters. The van der Waals surface area contributed by atoms with E-state index in [9.17, 15) is 14.4 Å². The number of nitrogens with two attached hydrogens (primary N) is 1. The van der Waals surface area contributed by atoms with Gasteiger partial charge >= 0.3 is 5.69 Å². The minimum atomic E-state index is -0.680. The van der Waals surface area contributed by atoms with Crippen molar-refractivity contribution in [2.24, 2.45) is 0 Å². The third-order valence-electron chi connectivity index (χ3n) is 4.88. The number of hydrogen-bond donors (Lipinski definition) is 2. The number of aromatic amines is 1. The summed E-state index contributed by atoms with van der Waals surface area (Å²) >= 11 is 7.26. The van der Waals surface area contributed by atoms with Crippen molar-refractivity contribution in [2.75, 3.05) is 16.4 Å². The van der Waals surface area contributed by atoms with Gasteiger partial charge in [-0.1, -0.05) is 55.3 Å². The predicted octanol–water partition coefficient (Wildman–Crippen LogP) is 3.90. The van der Waals surface area contributed by atoms with Crippen molar-refractivity contribution < 1.29 is 4.79 Å². The van der Waals surface area contributed by atoms with Gasteiger partial charge in [-0.15, -0.1) is 11.8 Å². The number of thioether (sulfide) groups is 1. The van der Waals surface area contributed by atoms with Crippen LogP contribution in [-0.4, -0.2) is 21.2 Å². The van der Waals surface area contributed by atoms with Gasteiger partial charge in [-0.25, -0.2) is 4.79 Å². The standard InChI is InChI=1S/C23H25ClN4O3S/c1-2-3-13-27-21(25)20(22(30)26-23(27)31)28(14-16-7-5-4-6-8-16)19(29)15-32-18-11-9-17(24)10-12-18/h4-12H,2-3,13-15,25H2,1H3,(H,26,30,31). The maximum absolute atomic E-state index is 13.3. The van der Waals surface area contributed by atoms with E-state index in [-0.39, 0.29) is 29.7 Å². The molecule has 0 fully saturated rings. The number of benzene rings is 2. The number of amides is 1. The quantitative estimate of drug-likeness (QED) is 0.460. The van der Waals surface area contributed by atoms with Crippen LogP contribution in [0.1, 0.15) is 25.3 Å². The van der Waals surface area contributed by atoms with E-state index in [1.165, 1.54) is 21.2 Å². The summed E-state index contributed by atoms with van der Waals surface area (Å²) in [6.45, 7) is 2.50. The molecule has 0 aliphatic rings. The zero-order valence-electron chi connectivity index (χ0n) is 17.7. The largest absolute Gasteiger partial charge is 0.383 e. The number of hydrogen-bond acceptors (Lipinski definition) is 5. The summed E-state index contributed by atoms with van der Waals surface area (Å²) < 4.78 is 1.32. The van der Waals surface area contributed by atoms with Crippen molar-refractivity contribution in [1.29, 1.82) is 0 Å². The second-order valence-electron chi connectivity index (χ2n) is 7.21. The molecule has 0 unspecified atom stereocenters. The van der Waals surface area contributed by atoms with Crippen LogP contribution in [0.25, 0.3) is 0 Å². The highest BCUT2D eigenvalue weighted by atomic mass is 35.5. The molecule has 32 heavy (non-hydrogen) atoms. The van der Waals surface area contributed by atoms with Crippen LogP contribution in [0.5, 0.6) is 0 Å². The Hall–Kier alpha value is -2.97. The zero-order chi connectivity index (χ0) is 23.1. The van der Waals surface area contributed by atoms with Crippen molar-refractivity contribution in [1.82, 2.24) is 9.55 Å². The Balaban J connectivity index is 1.97. The second-order valence-corrected chi connectivity index (χ2v) is 8.69. The van der Waals surface area contributed by atoms with Crippen LogP contribution in [0.15, 0.2) is 69.1 Å². The van der Waals surface area contributed by atoms with Crippen LogP contribution in [0.3, 0.4) is 0 Å². The van der Waals surface area contributed by atoms with Gasteiger partial charge < -0.3 is 5.73 Å². The van der Waals surface area contributed by atoms with Gasteiger partial charge in [-0.05, 0) is 36.2 Å². The van der Waals surface area contributed by atoms with Crippen molar-refractivity contribution in [3.63, 3.8) is 0 Å². The van der Waals surface area contributed by atoms with Crippen molar-refractivity contribution in [3.05, 3.63) is 86.0 Å². The van der Waals surface area contributed by atoms with Crippen molar-refractivity contribution >= 4 is 40.8 Å². The smallest absolute Gasteiger partial charge is 0.330 e. The van der Waals surface area contributed by atoms with E-state index in [0.717, 1.165) is 16.9 Å². The third kappa shape index (κ3) is 5.83. The lowest BCUT2D eigenvalue weighted by molar-refractivity contribution is -0.116. The molecule has 1 heterocycles. The summed E-state index contributed by atoms with van der Waals surface area (Å²) in [6.07, 6.45) is 1.57. The van der Waals surface area contributed by atoms with Crippen LogP contribution in [0, 0.1) is 0 Å². The molecule has 3 aromatic rings. The fraction of sp³-hybridized carbons (Fsp3) is 0.261. The Morgan fingerprint density at radius 1 is 1.12 bits per heavy atom. The fourth-order valence-corrected chi connectivity index (χ4v) is 4.09. The highest BCUT2D eigenvalue weighted by Crippen LogP contribution is 2.24.